The lowest BCUT2D eigenvalue weighted by atomic mass is 10.2. The molecule has 0 aliphatic carbocycles. The average Bonchev–Trinajstić information content (AvgIpc) is 2.30. The number of amides is 2. The standard InChI is InChI=1S/C11H13BrN2O4/c1-6-4-7(2-3-8(6)12)13-11(18)14-9(5-15)10(16)17/h2-4,9,15H,5H2,1H3,(H,16,17)(H2,13,14,18)/t9-/m1/s1. The maximum atomic E-state index is 11.5. The summed E-state index contributed by atoms with van der Waals surface area (Å²) in [5.74, 6) is -1.29. The Bertz CT molecular complexity index is 464. The third-order valence-corrected chi connectivity index (χ3v) is 3.09. The number of benzene rings is 1. The lowest BCUT2D eigenvalue weighted by molar-refractivity contribution is -0.140. The second-order valence-electron chi connectivity index (χ2n) is 3.64. The molecule has 0 aliphatic heterocycles. The fourth-order valence-electron chi connectivity index (χ4n) is 1.23. The summed E-state index contributed by atoms with van der Waals surface area (Å²) in [7, 11) is 0. The number of halogens is 1. The van der Waals surface area contributed by atoms with Gasteiger partial charge in [0.25, 0.3) is 0 Å². The monoisotopic (exact) mass is 316 g/mol. The summed E-state index contributed by atoms with van der Waals surface area (Å²) < 4.78 is 0.909. The van der Waals surface area contributed by atoms with E-state index in [2.05, 4.69) is 26.6 Å². The zero-order valence-electron chi connectivity index (χ0n) is 9.61. The number of rotatable bonds is 4. The number of urea groups is 1. The van der Waals surface area contributed by atoms with E-state index in [9.17, 15) is 9.59 Å². The van der Waals surface area contributed by atoms with E-state index in [-0.39, 0.29) is 0 Å². The molecule has 0 heterocycles. The van der Waals surface area contributed by atoms with Crippen LogP contribution in [0.4, 0.5) is 10.5 Å². The van der Waals surface area contributed by atoms with Crippen LogP contribution in [-0.2, 0) is 4.79 Å². The number of anilines is 1. The molecular weight excluding hydrogens is 304 g/mol. The van der Waals surface area contributed by atoms with Crippen molar-refractivity contribution >= 4 is 33.6 Å². The minimum absolute atomic E-state index is 0.537. The molecule has 2 amide bonds. The number of nitrogens with one attached hydrogen (secondary N) is 2. The predicted octanol–water partition coefficient (Wildman–Crippen LogP) is 1.32. The highest BCUT2D eigenvalue weighted by molar-refractivity contribution is 9.10. The molecule has 0 spiro atoms. The molecule has 6 nitrogen and oxygen atoms in total. The molecule has 0 unspecified atom stereocenters. The fourth-order valence-corrected chi connectivity index (χ4v) is 1.48. The smallest absolute Gasteiger partial charge is 0.328 e. The lowest BCUT2D eigenvalue weighted by Gasteiger charge is -2.13. The van der Waals surface area contributed by atoms with Crippen molar-refractivity contribution in [1.82, 2.24) is 5.32 Å². The Kier molecular flexibility index (Phi) is 5.11. The molecule has 1 aromatic rings. The zero-order valence-corrected chi connectivity index (χ0v) is 11.2. The van der Waals surface area contributed by atoms with Crippen molar-refractivity contribution in [2.45, 2.75) is 13.0 Å². The van der Waals surface area contributed by atoms with Gasteiger partial charge < -0.3 is 20.8 Å². The first kappa shape index (κ1) is 14.5. The number of hydrogen-bond donors (Lipinski definition) is 4. The lowest BCUT2D eigenvalue weighted by Crippen LogP contribution is -2.45. The first-order valence-corrected chi connectivity index (χ1v) is 5.90. The number of carbonyl (C=O) groups is 2. The van der Waals surface area contributed by atoms with Crippen LogP contribution in [0.3, 0.4) is 0 Å². The van der Waals surface area contributed by atoms with E-state index >= 15 is 0 Å². The number of carboxylic acids is 1. The molecule has 98 valence electrons. The third-order valence-electron chi connectivity index (χ3n) is 2.20. The number of carbonyl (C=O) groups excluding carboxylic acids is 1. The predicted molar refractivity (Wildman–Crippen MR) is 69.5 cm³/mol. The molecule has 7 heteroatoms. The van der Waals surface area contributed by atoms with Gasteiger partial charge in [0.1, 0.15) is 0 Å². The van der Waals surface area contributed by atoms with Crippen molar-refractivity contribution in [3.8, 4) is 0 Å². The molecule has 18 heavy (non-hydrogen) atoms. The molecule has 0 saturated carbocycles. The Hall–Kier alpha value is -1.60. The van der Waals surface area contributed by atoms with Crippen molar-refractivity contribution < 1.29 is 19.8 Å². The number of aryl methyl sites for hydroxylation is 1. The Balaban J connectivity index is 2.64. The van der Waals surface area contributed by atoms with E-state index in [1.54, 1.807) is 18.2 Å². The number of hydrogen-bond acceptors (Lipinski definition) is 3. The molecule has 1 rings (SSSR count). The largest absolute Gasteiger partial charge is 0.480 e. The first-order valence-electron chi connectivity index (χ1n) is 5.11. The second kappa shape index (κ2) is 6.36. The fraction of sp³-hybridized carbons (Fsp3) is 0.273. The summed E-state index contributed by atoms with van der Waals surface area (Å²) in [4.78, 5) is 22.1. The highest BCUT2D eigenvalue weighted by Gasteiger charge is 2.18. The van der Waals surface area contributed by atoms with Gasteiger partial charge in [0.15, 0.2) is 6.04 Å². The quantitative estimate of drug-likeness (QED) is 0.673. The van der Waals surface area contributed by atoms with Crippen molar-refractivity contribution in [2.24, 2.45) is 0 Å². The number of aliphatic carboxylic acids is 1. The Morgan fingerprint density at radius 2 is 2.11 bits per heavy atom. The molecule has 0 aromatic heterocycles. The minimum Gasteiger partial charge on any atom is -0.480 e. The number of aliphatic hydroxyl groups excluding tert-OH is 1. The number of carboxylic acid groups (broad SMARTS) is 1. The summed E-state index contributed by atoms with van der Waals surface area (Å²) in [6.07, 6.45) is 0. The van der Waals surface area contributed by atoms with Crippen LogP contribution in [0, 0.1) is 6.92 Å². The van der Waals surface area contributed by atoms with Crippen LogP contribution in [0.2, 0.25) is 0 Å². The van der Waals surface area contributed by atoms with E-state index in [4.69, 9.17) is 10.2 Å². The Morgan fingerprint density at radius 3 is 2.61 bits per heavy atom. The Labute approximate surface area is 112 Å². The van der Waals surface area contributed by atoms with Gasteiger partial charge in [-0.1, -0.05) is 15.9 Å². The van der Waals surface area contributed by atoms with Crippen molar-refractivity contribution in [3.05, 3.63) is 28.2 Å². The topological polar surface area (TPSA) is 98.7 Å². The normalized spacial score (nSPS) is 11.7. The van der Waals surface area contributed by atoms with Gasteiger partial charge in [-0.3, -0.25) is 0 Å². The maximum Gasteiger partial charge on any atom is 0.328 e. The van der Waals surface area contributed by atoms with E-state index in [1.165, 1.54) is 0 Å². The van der Waals surface area contributed by atoms with Crippen LogP contribution >= 0.6 is 15.9 Å². The van der Waals surface area contributed by atoms with Gasteiger partial charge in [0.2, 0.25) is 0 Å². The van der Waals surface area contributed by atoms with Crippen LogP contribution in [0.1, 0.15) is 5.56 Å². The maximum absolute atomic E-state index is 11.5. The highest BCUT2D eigenvalue weighted by Crippen LogP contribution is 2.19. The van der Waals surface area contributed by atoms with Crippen molar-refractivity contribution in [2.75, 3.05) is 11.9 Å². The van der Waals surface area contributed by atoms with Crippen LogP contribution in [-0.4, -0.2) is 34.9 Å². The van der Waals surface area contributed by atoms with Crippen LogP contribution in [0.15, 0.2) is 22.7 Å². The van der Waals surface area contributed by atoms with Gasteiger partial charge in [0.05, 0.1) is 6.61 Å². The molecule has 0 saturated heterocycles. The molecule has 0 bridgehead atoms. The minimum atomic E-state index is -1.32. The number of aliphatic hydroxyl groups is 1. The molecular formula is C11H13BrN2O4. The van der Waals surface area contributed by atoms with Gasteiger partial charge >= 0.3 is 12.0 Å². The van der Waals surface area contributed by atoms with Gasteiger partial charge in [-0.05, 0) is 30.7 Å². The molecule has 4 N–H and O–H groups in total. The molecule has 1 aromatic carbocycles. The highest BCUT2D eigenvalue weighted by atomic mass is 79.9. The van der Waals surface area contributed by atoms with Crippen molar-refractivity contribution in [3.63, 3.8) is 0 Å². The third kappa shape index (κ3) is 4.01. The van der Waals surface area contributed by atoms with Gasteiger partial charge in [-0.15, -0.1) is 0 Å². The van der Waals surface area contributed by atoms with E-state index in [0.29, 0.717) is 5.69 Å². The first-order chi connectivity index (χ1) is 8.43. The van der Waals surface area contributed by atoms with E-state index < -0.39 is 24.6 Å². The summed E-state index contributed by atoms with van der Waals surface area (Å²) >= 11 is 3.33. The SMILES string of the molecule is Cc1cc(NC(=O)N[C@H](CO)C(=O)O)ccc1Br. The second-order valence-corrected chi connectivity index (χ2v) is 4.49. The van der Waals surface area contributed by atoms with Gasteiger partial charge in [-0.25, -0.2) is 9.59 Å². The van der Waals surface area contributed by atoms with Crippen LogP contribution in [0.5, 0.6) is 0 Å². The molecule has 0 fully saturated rings. The van der Waals surface area contributed by atoms with Crippen molar-refractivity contribution in [1.29, 1.82) is 0 Å². The van der Waals surface area contributed by atoms with E-state index in [0.717, 1.165) is 10.0 Å². The van der Waals surface area contributed by atoms with E-state index in [1.807, 2.05) is 6.92 Å². The molecule has 1 atom stereocenters. The van der Waals surface area contributed by atoms with Crippen LogP contribution < -0.4 is 10.6 Å². The molecule has 0 radical (unpaired) electrons. The summed E-state index contributed by atoms with van der Waals surface area (Å²) in [6, 6.07) is 3.18. The summed E-state index contributed by atoms with van der Waals surface area (Å²) in [6.45, 7) is 1.20. The molecule has 0 aliphatic rings. The van der Waals surface area contributed by atoms with Gasteiger partial charge in [-0.2, -0.15) is 0 Å². The zero-order chi connectivity index (χ0) is 13.7. The average molecular weight is 317 g/mol. The van der Waals surface area contributed by atoms with Crippen LogP contribution in [0.25, 0.3) is 0 Å². The van der Waals surface area contributed by atoms with Gasteiger partial charge in [0, 0.05) is 10.2 Å². The summed E-state index contributed by atoms with van der Waals surface area (Å²) in [5.41, 5.74) is 1.47. The summed E-state index contributed by atoms with van der Waals surface area (Å²) in [5, 5.41) is 22.0. The Morgan fingerprint density at radius 1 is 1.44 bits per heavy atom.